The van der Waals surface area contributed by atoms with Gasteiger partial charge in [-0.2, -0.15) is 4.98 Å². The van der Waals surface area contributed by atoms with Crippen molar-refractivity contribution in [2.75, 3.05) is 18.4 Å². The number of aryl methyl sites for hydroxylation is 1. The van der Waals surface area contributed by atoms with Crippen molar-refractivity contribution in [2.24, 2.45) is 0 Å². The molecule has 1 aliphatic rings. The number of benzene rings is 2. The molecule has 3 aromatic rings. The molecule has 6 nitrogen and oxygen atoms in total. The zero-order valence-corrected chi connectivity index (χ0v) is 13.8. The molecule has 4 rings (SSSR count). The van der Waals surface area contributed by atoms with E-state index < -0.39 is 0 Å². The third-order valence-electron chi connectivity index (χ3n) is 4.29. The molecule has 0 atom stereocenters. The van der Waals surface area contributed by atoms with Crippen LogP contribution in [0.4, 0.5) is 10.5 Å². The molecule has 1 aliphatic heterocycles. The van der Waals surface area contributed by atoms with E-state index in [1.807, 2.05) is 61.5 Å². The lowest BCUT2D eigenvalue weighted by Crippen LogP contribution is -2.50. The second-order valence-electron chi connectivity index (χ2n) is 6.22. The fraction of sp³-hybridized carbons (Fsp3) is 0.211. The number of hydrogen-bond donors (Lipinski definition) is 1. The van der Waals surface area contributed by atoms with Crippen LogP contribution in [0.5, 0.6) is 0 Å². The summed E-state index contributed by atoms with van der Waals surface area (Å²) in [5.74, 6) is 1.25. The molecule has 1 N–H and O–H groups in total. The first kappa shape index (κ1) is 15.4. The Balaban J connectivity index is 1.35. The average molecular weight is 334 g/mol. The molecule has 0 radical (unpaired) electrons. The highest BCUT2D eigenvalue weighted by atomic mass is 16.5. The Bertz CT molecular complexity index is 868. The van der Waals surface area contributed by atoms with Gasteiger partial charge < -0.3 is 14.7 Å². The molecule has 1 saturated heterocycles. The van der Waals surface area contributed by atoms with Crippen LogP contribution in [-0.4, -0.2) is 34.2 Å². The van der Waals surface area contributed by atoms with E-state index in [4.69, 9.17) is 4.52 Å². The lowest BCUT2D eigenvalue weighted by Gasteiger charge is -2.36. The van der Waals surface area contributed by atoms with Crippen LogP contribution in [0.2, 0.25) is 0 Å². The number of hydrogen-bond acceptors (Lipinski definition) is 4. The molecule has 0 saturated carbocycles. The molecule has 2 aromatic carbocycles. The molecule has 2 amide bonds. The zero-order chi connectivity index (χ0) is 17.2. The molecule has 0 bridgehead atoms. The highest BCUT2D eigenvalue weighted by Crippen LogP contribution is 2.28. The van der Waals surface area contributed by atoms with Crippen molar-refractivity contribution in [3.8, 4) is 11.4 Å². The van der Waals surface area contributed by atoms with Crippen molar-refractivity contribution in [1.29, 1.82) is 0 Å². The second-order valence-corrected chi connectivity index (χ2v) is 6.22. The van der Waals surface area contributed by atoms with Gasteiger partial charge in [0.2, 0.25) is 11.7 Å². The first-order chi connectivity index (χ1) is 12.2. The topological polar surface area (TPSA) is 71.3 Å². The van der Waals surface area contributed by atoms with E-state index in [9.17, 15) is 4.79 Å². The van der Waals surface area contributed by atoms with Gasteiger partial charge in [-0.15, -0.1) is 0 Å². The number of nitrogens with one attached hydrogen (secondary N) is 1. The summed E-state index contributed by atoms with van der Waals surface area (Å²) < 4.78 is 5.36. The van der Waals surface area contributed by atoms with Gasteiger partial charge in [-0.1, -0.05) is 53.2 Å². The van der Waals surface area contributed by atoms with Crippen molar-refractivity contribution < 1.29 is 9.32 Å². The number of amides is 2. The summed E-state index contributed by atoms with van der Waals surface area (Å²) in [5, 5.41) is 6.92. The Morgan fingerprint density at radius 2 is 1.84 bits per heavy atom. The van der Waals surface area contributed by atoms with Crippen LogP contribution in [0.1, 0.15) is 17.4 Å². The molecule has 0 aliphatic carbocycles. The number of nitrogens with zero attached hydrogens (tertiary/aromatic N) is 3. The molecular weight excluding hydrogens is 316 g/mol. The number of likely N-dealkylation sites (tertiary alicyclic amines) is 1. The van der Waals surface area contributed by atoms with Crippen LogP contribution >= 0.6 is 0 Å². The van der Waals surface area contributed by atoms with Gasteiger partial charge in [0.1, 0.15) is 0 Å². The first-order valence-corrected chi connectivity index (χ1v) is 8.20. The SMILES string of the molecule is Cc1ccc(NC(=O)N2CC(c3nc(-c4ccccc4)no3)C2)cc1. The molecule has 126 valence electrons. The van der Waals surface area contributed by atoms with E-state index in [1.165, 1.54) is 0 Å². The number of carbonyl (C=O) groups is 1. The van der Waals surface area contributed by atoms with Crippen molar-refractivity contribution in [3.63, 3.8) is 0 Å². The van der Waals surface area contributed by atoms with Gasteiger partial charge in [-0.25, -0.2) is 4.79 Å². The second kappa shape index (κ2) is 6.39. The fourth-order valence-corrected chi connectivity index (χ4v) is 2.75. The predicted octanol–water partition coefficient (Wildman–Crippen LogP) is 3.68. The Labute approximate surface area is 145 Å². The largest absolute Gasteiger partial charge is 0.339 e. The van der Waals surface area contributed by atoms with E-state index in [2.05, 4.69) is 15.5 Å². The predicted molar refractivity (Wildman–Crippen MR) is 94.2 cm³/mol. The summed E-state index contributed by atoms with van der Waals surface area (Å²) in [4.78, 5) is 18.4. The zero-order valence-electron chi connectivity index (χ0n) is 13.8. The molecular formula is C19H18N4O2. The number of anilines is 1. The fourth-order valence-electron chi connectivity index (χ4n) is 2.75. The maximum absolute atomic E-state index is 12.2. The number of carbonyl (C=O) groups excluding carboxylic acids is 1. The van der Waals surface area contributed by atoms with Gasteiger partial charge in [0.15, 0.2) is 0 Å². The lowest BCUT2D eigenvalue weighted by atomic mass is 10.0. The third kappa shape index (κ3) is 3.24. The van der Waals surface area contributed by atoms with Gasteiger partial charge in [0.25, 0.3) is 0 Å². The first-order valence-electron chi connectivity index (χ1n) is 8.20. The van der Waals surface area contributed by atoms with E-state index in [1.54, 1.807) is 4.90 Å². The highest BCUT2D eigenvalue weighted by Gasteiger charge is 2.35. The smallest absolute Gasteiger partial charge is 0.321 e. The van der Waals surface area contributed by atoms with Crippen LogP contribution in [0, 0.1) is 6.92 Å². The van der Waals surface area contributed by atoms with Gasteiger partial charge in [-0.05, 0) is 19.1 Å². The van der Waals surface area contributed by atoms with Crippen molar-refractivity contribution in [3.05, 3.63) is 66.1 Å². The van der Waals surface area contributed by atoms with Crippen LogP contribution in [0.25, 0.3) is 11.4 Å². The molecule has 6 heteroatoms. The summed E-state index contributed by atoms with van der Waals surface area (Å²) in [7, 11) is 0. The molecule has 0 unspecified atom stereocenters. The number of rotatable bonds is 3. The summed E-state index contributed by atoms with van der Waals surface area (Å²) >= 11 is 0. The maximum Gasteiger partial charge on any atom is 0.321 e. The quantitative estimate of drug-likeness (QED) is 0.793. The molecule has 2 heterocycles. The summed E-state index contributed by atoms with van der Waals surface area (Å²) in [6.07, 6.45) is 0. The van der Waals surface area contributed by atoms with Gasteiger partial charge in [0, 0.05) is 24.3 Å². The van der Waals surface area contributed by atoms with Crippen molar-refractivity contribution >= 4 is 11.7 Å². The highest BCUT2D eigenvalue weighted by molar-refractivity contribution is 5.90. The van der Waals surface area contributed by atoms with Crippen LogP contribution in [0.15, 0.2) is 59.1 Å². The van der Waals surface area contributed by atoms with E-state index >= 15 is 0 Å². The molecule has 25 heavy (non-hydrogen) atoms. The Morgan fingerprint density at radius 1 is 1.12 bits per heavy atom. The Kier molecular flexibility index (Phi) is 3.93. The summed E-state index contributed by atoms with van der Waals surface area (Å²) in [5.41, 5.74) is 2.88. The van der Waals surface area contributed by atoms with E-state index in [0.717, 1.165) is 16.8 Å². The van der Waals surface area contributed by atoms with Gasteiger partial charge >= 0.3 is 6.03 Å². The monoisotopic (exact) mass is 334 g/mol. The molecule has 1 aromatic heterocycles. The van der Waals surface area contributed by atoms with Gasteiger partial charge in [-0.3, -0.25) is 0 Å². The summed E-state index contributed by atoms with van der Waals surface area (Å²) in [6, 6.07) is 17.3. The normalized spacial score (nSPS) is 14.2. The standard InChI is InChI=1S/C19H18N4O2/c1-13-7-9-16(10-8-13)20-19(24)23-11-15(12-23)18-21-17(22-25-18)14-5-3-2-4-6-14/h2-10,15H,11-12H2,1H3,(H,20,24). The Hall–Kier alpha value is -3.15. The average Bonchev–Trinajstić information content (AvgIpc) is 3.06. The lowest BCUT2D eigenvalue weighted by molar-refractivity contribution is 0.147. The molecule has 1 fully saturated rings. The Morgan fingerprint density at radius 3 is 2.56 bits per heavy atom. The van der Waals surface area contributed by atoms with Crippen molar-refractivity contribution in [2.45, 2.75) is 12.8 Å². The van der Waals surface area contributed by atoms with Crippen molar-refractivity contribution in [1.82, 2.24) is 15.0 Å². The summed E-state index contributed by atoms with van der Waals surface area (Å²) in [6.45, 7) is 3.17. The van der Waals surface area contributed by atoms with Crippen LogP contribution < -0.4 is 5.32 Å². The number of urea groups is 1. The molecule has 0 spiro atoms. The minimum atomic E-state index is -0.108. The van der Waals surface area contributed by atoms with Crippen LogP contribution in [0.3, 0.4) is 0 Å². The third-order valence-corrected chi connectivity index (χ3v) is 4.29. The number of aromatic nitrogens is 2. The van der Waals surface area contributed by atoms with E-state index in [-0.39, 0.29) is 11.9 Å². The van der Waals surface area contributed by atoms with Crippen LogP contribution in [-0.2, 0) is 0 Å². The van der Waals surface area contributed by atoms with Gasteiger partial charge in [0.05, 0.1) is 5.92 Å². The maximum atomic E-state index is 12.2. The minimum Gasteiger partial charge on any atom is -0.339 e. The van der Waals surface area contributed by atoms with E-state index in [0.29, 0.717) is 24.8 Å². The minimum absolute atomic E-state index is 0.0914.